The van der Waals surface area contributed by atoms with E-state index in [0.717, 1.165) is 16.4 Å². The fourth-order valence-corrected chi connectivity index (χ4v) is 5.31. The predicted octanol–water partition coefficient (Wildman–Crippen LogP) is -0.987. The average Bonchev–Trinajstić information content (AvgIpc) is 3.27. The Morgan fingerprint density at radius 2 is 2.14 bits per heavy atom. The molecule has 200 valence electrons. The quantitative estimate of drug-likeness (QED) is 0.113. The number of fused-ring (bicyclic) bond motifs is 1. The van der Waals surface area contributed by atoms with Crippen molar-refractivity contribution in [1.82, 2.24) is 19.6 Å². The molecule has 1 aromatic rings. The molecule has 1 aromatic heterocycles. The van der Waals surface area contributed by atoms with Gasteiger partial charge in [0.15, 0.2) is 11.2 Å². The van der Waals surface area contributed by atoms with E-state index in [2.05, 4.69) is 24.7 Å². The summed E-state index contributed by atoms with van der Waals surface area (Å²) in [4.78, 5) is 58.5. The maximum absolute atomic E-state index is 12.9. The van der Waals surface area contributed by atoms with Crippen LogP contribution in [0.3, 0.4) is 0 Å². The topological polar surface area (TPSA) is 203 Å². The second-order valence-electron chi connectivity index (χ2n) is 8.62. The number of thioether (sulfide) groups is 1. The van der Waals surface area contributed by atoms with Crippen LogP contribution in [0.2, 0.25) is 0 Å². The third kappa shape index (κ3) is 5.89. The van der Waals surface area contributed by atoms with Crippen molar-refractivity contribution in [3.05, 3.63) is 29.2 Å². The number of nitrogens with one attached hydrogen (secondary N) is 1. The van der Waals surface area contributed by atoms with Gasteiger partial charge in [0.1, 0.15) is 17.1 Å². The van der Waals surface area contributed by atoms with Crippen LogP contribution < -0.4 is 16.8 Å². The van der Waals surface area contributed by atoms with Crippen LogP contribution in [0.1, 0.15) is 12.7 Å². The van der Waals surface area contributed by atoms with Gasteiger partial charge in [-0.05, 0) is 18.6 Å². The summed E-state index contributed by atoms with van der Waals surface area (Å²) in [6.07, 6.45) is 3.33. The number of β-lactam (4-membered cyclic amide) rings is 1. The van der Waals surface area contributed by atoms with Gasteiger partial charge in [-0.3, -0.25) is 19.3 Å². The molecule has 3 heterocycles. The lowest BCUT2D eigenvalue weighted by molar-refractivity contribution is -0.898. The first-order chi connectivity index (χ1) is 17.4. The first kappa shape index (κ1) is 28.0. The highest BCUT2D eigenvalue weighted by Crippen LogP contribution is 2.40. The Kier molecular flexibility index (Phi) is 8.49. The minimum Gasteiger partial charge on any atom is -0.477 e. The number of hydrogen-bond acceptors (Lipinski definition) is 11. The minimum absolute atomic E-state index is 0.0348. The molecule has 3 atom stereocenters. The first-order valence-corrected chi connectivity index (χ1v) is 12.6. The van der Waals surface area contributed by atoms with Gasteiger partial charge in [0.2, 0.25) is 11.5 Å². The van der Waals surface area contributed by atoms with Crippen molar-refractivity contribution >= 4 is 57.8 Å². The van der Waals surface area contributed by atoms with Crippen molar-refractivity contribution in [3.63, 3.8) is 0 Å². The number of alkyl halides is 1. The van der Waals surface area contributed by atoms with E-state index in [1.807, 2.05) is 14.1 Å². The summed E-state index contributed by atoms with van der Waals surface area (Å²) in [5.74, 6) is -3.29. The number of allylic oxidation sites excluding steroid dienone is 1. The van der Waals surface area contributed by atoms with E-state index in [9.17, 15) is 28.7 Å². The molecule has 0 aromatic carbocycles. The molecule has 2 aliphatic rings. The number of nitrogens with two attached hydrogens (primary N) is 2. The molecule has 17 heteroatoms. The van der Waals surface area contributed by atoms with Gasteiger partial charge in [-0.1, -0.05) is 11.2 Å². The average molecular weight is 558 g/mol. The zero-order valence-corrected chi connectivity index (χ0v) is 21.7. The highest BCUT2D eigenvalue weighted by molar-refractivity contribution is 8.00. The number of hydrogen-bond donors (Lipinski definition) is 4. The van der Waals surface area contributed by atoms with E-state index in [1.165, 1.54) is 11.8 Å². The molecular weight excluding hydrogens is 531 g/mol. The predicted molar refractivity (Wildman–Crippen MR) is 132 cm³/mol. The molecule has 2 aliphatic heterocycles. The molecule has 0 spiro atoms. The Balaban J connectivity index is 1.77. The van der Waals surface area contributed by atoms with Crippen LogP contribution in [0.15, 0.2) is 28.6 Å². The second kappa shape index (κ2) is 11.2. The van der Waals surface area contributed by atoms with Crippen LogP contribution in [-0.4, -0.2) is 104 Å². The fourth-order valence-electron chi connectivity index (χ4n) is 3.55. The number of nitrogens with zero attached hydrogens (tertiary/aromatic N) is 5. The number of likely N-dealkylation sites (N-methyl/N-ethyl adjacent to an activating group) is 1. The molecule has 3 rings (SSSR count). The van der Waals surface area contributed by atoms with Crippen molar-refractivity contribution in [2.75, 3.05) is 39.0 Å². The van der Waals surface area contributed by atoms with Gasteiger partial charge < -0.3 is 31.2 Å². The number of nitrogen functional groups attached to an aromatic ring is 1. The summed E-state index contributed by atoms with van der Waals surface area (Å²) in [6, 6.07) is -1.54. The second-order valence-corrected chi connectivity index (χ2v) is 10.5. The fraction of sp³-hybridized carbons (Fsp3) is 0.450. The SMILES string of the molecule is C[C@H](C(N)=O)[N+](C)(C)C/C=C/C1=C(C(=O)O)N2C(=O)[C@@H](NC(=O)/C(=N\OCF)c3nsc(N)n3)[C@H]2SC1. The van der Waals surface area contributed by atoms with Gasteiger partial charge in [-0.2, -0.15) is 9.36 Å². The van der Waals surface area contributed by atoms with Crippen molar-refractivity contribution in [1.29, 1.82) is 0 Å². The van der Waals surface area contributed by atoms with Gasteiger partial charge in [-0.15, -0.1) is 11.8 Å². The van der Waals surface area contributed by atoms with Gasteiger partial charge in [-0.25, -0.2) is 9.18 Å². The van der Waals surface area contributed by atoms with E-state index in [0.29, 0.717) is 12.1 Å². The Bertz CT molecular complexity index is 1200. The highest BCUT2D eigenvalue weighted by atomic mass is 32.2. The number of halogens is 1. The van der Waals surface area contributed by atoms with Crippen molar-refractivity contribution in [2.45, 2.75) is 24.4 Å². The number of aromatic nitrogens is 2. The molecule has 1 saturated heterocycles. The number of carbonyl (C=O) groups excluding carboxylic acids is 3. The van der Waals surface area contributed by atoms with Crippen LogP contribution in [-0.2, 0) is 24.0 Å². The number of aliphatic carboxylic acids is 1. The molecule has 0 unspecified atom stereocenters. The number of amides is 3. The molecule has 3 amide bonds. The van der Waals surface area contributed by atoms with E-state index in [4.69, 9.17) is 11.5 Å². The zero-order valence-electron chi connectivity index (χ0n) is 20.1. The van der Waals surface area contributed by atoms with Crippen molar-refractivity contribution in [2.24, 2.45) is 10.9 Å². The molecule has 0 radical (unpaired) electrons. The summed E-state index contributed by atoms with van der Waals surface area (Å²) >= 11 is 2.03. The third-order valence-corrected chi connectivity index (χ3v) is 7.76. The summed E-state index contributed by atoms with van der Waals surface area (Å²) in [6.45, 7) is 0.774. The number of primary amides is 1. The molecule has 0 aliphatic carbocycles. The Labute approximate surface area is 218 Å². The maximum atomic E-state index is 12.9. The van der Waals surface area contributed by atoms with Crippen LogP contribution in [0.5, 0.6) is 0 Å². The normalized spacial score (nSPS) is 20.9. The van der Waals surface area contributed by atoms with Gasteiger partial charge >= 0.3 is 5.97 Å². The summed E-state index contributed by atoms with van der Waals surface area (Å²) in [7, 11) is 3.63. The maximum Gasteiger partial charge on any atom is 0.352 e. The molecular formula is C20H26FN8O6S2+. The lowest BCUT2D eigenvalue weighted by atomic mass is 10.0. The zero-order chi connectivity index (χ0) is 27.5. The van der Waals surface area contributed by atoms with E-state index < -0.39 is 53.7 Å². The van der Waals surface area contributed by atoms with E-state index >= 15 is 0 Å². The minimum atomic E-state index is -1.31. The van der Waals surface area contributed by atoms with E-state index in [-0.39, 0.29) is 26.9 Å². The molecule has 6 N–H and O–H groups in total. The summed E-state index contributed by atoms with van der Waals surface area (Å²) in [5, 5.41) is 15.0. The van der Waals surface area contributed by atoms with Crippen LogP contribution in [0.4, 0.5) is 9.52 Å². The van der Waals surface area contributed by atoms with Crippen LogP contribution >= 0.6 is 23.3 Å². The van der Waals surface area contributed by atoms with Gasteiger partial charge in [0.25, 0.3) is 24.6 Å². The first-order valence-electron chi connectivity index (χ1n) is 10.7. The van der Waals surface area contributed by atoms with E-state index in [1.54, 1.807) is 19.1 Å². The number of quaternary nitrogens is 1. The summed E-state index contributed by atoms with van der Waals surface area (Å²) in [5.41, 5.74) is 10.6. The number of carboxylic acids is 1. The molecule has 1 fully saturated rings. The number of carboxylic acid groups (broad SMARTS) is 1. The Hall–Kier alpha value is -3.57. The molecule has 0 saturated carbocycles. The highest BCUT2D eigenvalue weighted by Gasteiger charge is 2.54. The van der Waals surface area contributed by atoms with Crippen LogP contribution in [0, 0.1) is 0 Å². The largest absolute Gasteiger partial charge is 0.477 e. The molecule has 37 heavy (non-hydrogen) atoms. The lowest BCUT2D eigenvalue weighted by Crippen LogP contribution is -2.71. The standard InChI is InChI=1S/C20H25FN8O6S2/c1-9(14(22)30)29(2,3)6-4-5-10-7-36-18-12(17(32)28(18)13(10)19(33)34)24-16(31)11(26-35-8-21)15-25-20(23)37-27-15/h4-5,9,12,18H,6-8H2,1-3H3,(H5-,22,23,24,25,27,30,31,33,34)/p+1/b5-4+,26-11-/t9-,12-,18-/m1/s1. The van der Waals surface area contributed by atoms with Gasteiger partial charge in [0, 0.05) is 17.3 Å². The Morgan fingerprint density at radius 1 is 1.43 bits per heavy atom. The summed E-state index contributed by atoms with van der Waals surface area (Å²) < 4.78 is 16.6. The van der Waals surface area contributed by atoms with Crippen molar-refractivity contribution < 1.29 is 38.0 Å². The lowest BCUT2D eigenvalue weighted by Gasteiger charge is -2.49. The third-order valence-electron chi connectivity index (χ3n) is 5.92. The van der Waals surface area contributed by atoms with Gasteiger partial charge in [0.05, 0.1) is 20.6 Å². The molecule has 14 nitrogen and oxygen atoms in total. The molecule has 0 bridgehead atoms. The number of carbonyl (C=O) groups is 4. The smallest absolute Gasteiger partial charge is 0.352 e. The van der Waals surface area contributed by atoms with Crippen LogP contribution in [0.25, 0.3) is 0 Å². The monoisotopic (exact) mass is 557 g/mol. The number of oxime groups is 1. The Morgan fingerprint density at radius 3 is 2.70 bits per heavy atom. The number of anilines is 1. The van der Waals surface area contributed by atoms with Crippen molar-refractivity contribution in [3.8, 4) is 0 Å². The number of rotatable bonds is 11.